The number of hydrogen-bond acceptors (Lipinski definition) is 4. The minimum Gasteiger partial charge on any atom is -0.468 e. The molecule has 2 aromatic rings. The molecule has 0 amide bonds. The Morgan fingerprint density at radius 3 is 2.67 bits per heavy atom. The smallest absolute Gasteiger partial charge is 0.244 e. The third-order valence-corrected chi connectivity index (χ3v) is 4.42. The van der Waals surface area contributed by atoms with E-state index in [1.807, 2.05) is 0 Å². The number of rotatable bonds is 5. The van der Waals surface area contributed by atoms with Crippen LogP contribution in [-0.4, -0.2) is 8.42 Å². The van der Waals surface area contributed by atoms with Crippen LogP contribution in [0.3, 0.4) is 0 Å². The van der Waals surface area contributed by atoms with Gasteiger partial charge in [-0.1, -0.05) is 0 Å². The summed E-state index contributed by atoms with van der Waals surface area (Å²) in [6.07, 6.45) is 1.38. The molecule has 5 nitrogen and oxygen atoms in total. The summed E-state index contributed by atoms with van der Waals surface area (Å²) in [5.41, 5.74) is 5.52. The number of nitrogens with one attached hydrogen (secondary N) is 1. The van der Waals surface area contributed by atoms with Crippen LogP contribution in [0.4, 0.5) is 8.78 Å². The second-order valence-electron chi connectivity index (χ2n) is 4.45. The van der Waals surface area contributed by atoms with E-state index in [4.69, 9.17) is 10.2 Å². The summed E-state index contributed by atoms with van der Waals surface area (Å²) in [5.74, 6) is -2.34. The average Bonchev–Trinajstić information content (AvgIpc) is 2.95. The van der Waals surface area contributed by atoms with Crippen molar-refractivity contribution in [1.82, 2.24) is 4.72 Å². The van der Waals surface area contributed by atoms with Gasteiger partial charge in [0.25, 0.3) is 0 Å². The van der Waals surface area contributed by atoms with E-state index in [9.17, 15) is 17.2 Å². The number of nitrogens with two attached hydrogens (primary N) is 1. The fraction of sp³-hybridized carbons (Fsp3) is 0.231. The number of furan rings is 1. The van der Waals surface area contributed by atoms with Crippen LogP contribution in [0.25, 0.3) is 0 Å². The van der Waals surface area contributed by atoms with E-state index in [2.05, 4.69) is 4.72 Å². The standard InChI is InChI=1S/C13H14F2N2O3S/c1-8(11-3-2-4-20-11)17-21(18,19)12-6-9(7-16)5-10(14)13(12)15/h2-6,8,17H,7,16H2,1H3. The van der Waals surface area contributed by atoms with Gasteiger partial charge >= 0.3 is 0 Å². The second kappa shape index (κ2) is 5.92. The molecule has 0 aliphatic heterocycles. The Bertz CT molecular complexity index is 730. The first-order valence-electron chi connectivity index (χ1n) is 6.09. The van der Waals surface area contributed by atoms with Gasteiger partial charge in [-0.05, 0) is 36.8 Å². The van der Waals surface area contributed by atoms with Crippen molar-refractivity contribution >= 4 is 10.0 Å². The second-order valence-corrected chi connectivity index (χ2v) is 6.13. The lowest BCUT2D eigenvalue weighted by Crippen LogP contribution is -2.28. The number of benzene rings is 1. The SMILES string of the molecule is CC(NS(=O)(=O)c1cc(CN)cc(F)c1F)c1ccco1. The van der Waals surface area contributed by atoms with E-state index in [0.717, 1.165) is 12.1 Å². The Balaban J connectivity index is 2.38. The van der Waals surface area contributed by atoms with Gasteiger partial charge in [0.2, 0.25) is 10.0 Å². The lowest BCUT2D eigenvalue weighted by atomic mass is 10.2. The predicted octanol–water partition coefficient (Wildman–Crippen LogP) is 2.06. The summed E-state index contributed by atoms with van der Waals surface area (Å²) >= 11 is 0. The van der Waals surface area contributed by atoms with Crippen molar-refractivity contribution in [3.63, 3.8) is 0 Å². The summed E-state index contributed by atoms with van der Waals surface area (Å²) in [5, 5.41) is 0. The fourth-order valence-electron chi connectivity index (χ4n) is 1.82. The normalized spacial score (nSPS) is 13.3. The number of halogens is 2. The zero-order valence-electron chi connectivity index (χ0n) is 11.1. The number of sulfonamides is 1. The van der Waals surface area contributed by atoms with Crippen LogP contribution in [0, 0.1) is 11.6 Å². The van der Waals surface area contributed by atoms with Crippen molar-refractivity contribution in [2.45, 2.75) is 24.4 Å². The van der Waals surface area contributed by atoms with Gasteiger partial charge in [0, 0.05) is 6.54 Å². The van der Waals surface area contributed by atoms with E-state index >= 15 is 0 Å². The van der Waals surface area contributed by atoms with Crippen molar-refractivity contribution in [3.05, 3.63) is 53.5 Å². The van der Waals surface area contributed by atoms with Gasteiger partial charge in [-0.15, -0.1) is 0 Å². The monoisotopic (exact) mass is 316 g/mol. The molecule has 8 heteroatoms. The van der Waals surface area contributed by atoms with Crippen molar-refractivity contribution in [2.75, 3.05) is 0 Å². The highest BCUT2D eigenvalue weighted by Gasteiger charge is 2.25. The maximum atomic E-state index is 13.7. The molecule has 0 saturated carbocycles. The highest BCUT2D eigenvalue weighted by molar-refractivity contribution is 7.89. The topological polar surface area (TPSA) is 85.3 Å². The maximum Gasteiger partial charge on any atom is 0.244 e. The first-order chi connectivity index (χ1) is 9.85. The van der Waals surface area contributed by atoms with Gasteiger partial charge in [0.15, 0.2) is 11.6 Å². The summed E-state index contributed by atoms with van der Waals surface area (Å²) < 4.78 is 58.8. The molecule has 0 saturated heterocycles. The summed E-state index contributed by atoms with van der Waals surface area (Å²) in [6.45, 7) is 1.42. The lowest BCUT2D eigenvalue weighted by Gasteiger charge is -2.13. The molecule has 21 heavy (non-hydrogen) atoms. The molecule has 2 rings (SSSR count). The highest BCUT2D eigenvalue weighted by Crippen LogP contribution is 2.22. The van der Waals surface area contributed by atoms with Gasteiger partial charge in [0.1, 0.15) is 10.7 Å². The molecule has 1 atom stereocenters. The molecule has 1 heterocycles. The molecular formula is C13H14F2N2O3S. The third-order valence-electron chi connectivity index (χ3n) is 2.88. The molecule has 0 radical (unpaired) electrons. The van der Waals surface area contributed by atoms with E-state index in [1.165, 1.54) is 13.2 Å². The van der Waals surface area contributed by atoms with Crippen molar-refractivity contribution in [2.24, 2.45) is 5.73 Å². The third kappa shape index (κ3) is 3.29. The van der Waals surface area contributed by atoms with Crippen LogP contribution >= 0.6 is 0 Å². The van der Waals surface area contributed by atoms with E-state index in [0.29, 0.717) is 5.76 Å². The number of hydrogen-bond donors (Lipinski definition) is 2. The zero-order chi connectivity index (χ0) is 15.6. The molecule has 1 aromatic heterocycles. The molecule has 0 bridgehead atoms. The van der Waals surface area contributed by atoms with Crippen LogP contribution < -0.4 is 10.5 Å². The van der Waals surface area contributed by atoms with Crippen molar-refractivity contribution < 1.29 is 21.6 Å². The van der Waals surface area contributed by atoms with Crippen LogP contribution in [-0.2, 0) is 16.6 Å². The lowest BCUT2D eigenvalue weighted by molar-refractivity contribution is 0.454. The summed E-state index contributed by atoms with van der Waals surface area (Å²) in [6, 6.07) is 4.31. The van der Waals surface area contributed by atoms with Gasteiger partial charge < -0.3 is 10.2 Å². The Hall–Kier alpha value is -1.77. The molecule has 0 spiro atoms. The highest BCUT2D eigenvalue weighted by atomic mass is 32.2. The van der Waals surface area contributed by atoms with Crippen LogP contribution in [0.1, 0.15) is 24.3 Å². The van der Waals surface area contributed by atoms with Gasteiger partial charge in [0.05, 0.1) is 12.3 Å². The average molecular weight is 316 g/mol. The molecule has 0 aliphatic carbocycles. The van der Waals surface area contributed by atoms with E-state index < -0.39 is 32.6 Å². The quantitative estimate of drug-likeness (QED) is 0.884. The van der Waals surface area contributed by atoms with Crippen LogP contribution in [0.5, 0.6) is 0 Å². The van der Waals surface area contributed by atoms with Crippen LogP contribution in [0.2, 0.25) is 0 Å². The molecule has 1 unspecified atom stereocenters. The molecule has 0 aliphatic rings. The van der Waals surface area contributed by atoms with Gasteiger partial charge in [-0.25, -0.2) is 21.9 Å². The van der Waals surface area contributed by atoms with Gasteiger partial charge in [-0.3, -0.25) is 0 Å². The summed E-state index contributed by atoms with van der Waals surface area (Å²) in [4.78, 5) is -0.777. The Labute approximate surface area is 120 Å². The van der Waals surface area contributed by atoms with Crippen molar-refractivity contribution in [3.8, 4) is 0 Å². The minimum absolute atomic E-state index is 0.104. The largest absolute Gasteiger partial charge is 0.468 e. The zero-order valence-corrected chi connectivity index (χ0v) is 12.0. The first-order valence-corrected chi connectivity index (χ1v) is 7.57. The minimum atomic E-state index is -4.25. The predicted molar refractivity (Wildman–Crippen MR) is 71.7 cm³/mol. The molecular weight excluding hydrogens is 302 g/mol. The Morgan fingerprint density at radius 1 is 1.38 bits per heavy atom. The summed E-state index contributed by atoms with van der Waals surface area (Å²) in [7, 11) is -4.25. The molecule has 0 fully saturated rings. The fourth-order valence-corrected chi connectivity index (χ4v) is 3.17. The van der Waals surface area contributed by atoms with Crippen molar-refractivity contribution in [1.29, 1.82) is 0 Å². The van der Waals surface area contributed by atoms with Gasteiger partial charge in [-0.2, -0.15) is 0 Å². The Kier molecular flexibility index (Phi) is 4.40. The maximum absolute atomic E-state index is 13.7. The first kappa shape index (κ1) is 15.6. The molecule has 1 aromatic carbocycles. The van der Waals surface area contributed by atoms with E-state index in [1.54, 1.807) is 12.1 Å². The van der Waals surface area contributed by atoms with E-state index in [-0.39, 0.29) is 12.1 Å². The molecule has 3 N–H and O–H groups in total. The molecule has 114 valence electrons. The Morgan fingerprint density at radius 2 is 2.10 bits per heavy atom. The van der Waals surface area contributed by atoms with Crippen LogP contribution in [0.15, 0.2) is 39.8 Å².